The molecule has 0 aliphatic carbocycles. The van der Waals surface area contributed by atoms with Crippen LogP contribution in [0.3, 0.4) is 0 Å². The molecule has 1 saturated heterocycles. The first-order chi connectivity index (χ1) is 8.43. The normalized spacial score (nSPS) is 19.9. The highest BCUT2D eigenvalue weighted by Crippen LogP contribution is 2.30. The largest absolute Gasteiger partial charge is 0.482 e. The summed E-state index contributed by atoms with van der Waals surface area (Å²) in [6.07, 6.45) is 2.42. The number of hydrogen-bond donors (Lipinski definition) is 1. The van der Waals surface area contributed by atoms with Crippen molar-refractivity contribution in [3.8, 4) is 5.06 Å². The van der Waals surface area contributed by atoms with Crippen molar-refractivity contribution in [3.05, 3.63) is 24.3 Å². The molecular formula is C13H16N2OS. The van der Waals surface area contributed by atoms with Crippen LogP contribution in [0.25, 0.3) is 10.9 Å². The Labute approximate surface area is 105 Å². The first-order valence-electron chi connectivity index (χ1n) is 6.11. The van der Waals surface area contributed by atoms with Crippen LogP contribution >= 0.6 is 11.5 Å². The molecular weight excluding hydrogens is 232 g/mol. The van der Waals surface area contributed by atoms with Crippen LogP contribution in [0.5, 0.6) is 5.06 Å². The van der Waals surface area contributed by atoms with Crippen LogP contribution in [0.15, 0.2) is 24.3 Å². The molecule has 0 radical (unpaired) electrons. The van der Waals surface area contributed by atoms with Crippen LogP contribution in [-0.2, 0) is 0 Å². The van der Waals surface area contributed by atoms with Crippen molar-refractivity contribution >= 4 is 22.4 Å². The molecule has 1 unspecified atom stereocenters. The lowest BCUT2D eigenvalue weighted by atomic mass is 10.1. The Morgan fingerprint density at radius 3 is 3.24 bits per heavy atom. The number of rotatable bonds is 4. The van der Waals surface area contributed by atoms with E-state index in [1.165, 1.54) is 18.0 Å². The van der Waals surface area contributed by atoms with E-state index in [-0.39, 0.29) is 0 Å². The Morgan fingerprint density at radius 2 is 2.35 bits per heavy atom. The van der Waals surface area contributed by atoms with E-state index < -0.39 is 0 Å². The Morgan fingerprint density at radius 1 is 1.41 bits per heavy atom. The lowest BCUT2D eigenvalue weighted by molar-refractivity contribution is 0.293. The van der Waals surface area contributed by atoms with E-state index in [0.717, 1.165) is 48.0 Å². The van der Waals surface area contributed by atoms with Crippen molar-refractivity contribution in [3.63, 3.8) is 0 Å². The summed E-state index contributed by atoms with van der Waals surface area (Å²) >= 11 is 1.46. The van der Waals surface area contributed by atoms with Crippen molar-refractivity contribution in [2.45, 2.75) is 12.8 Å². The number of nitrogens with zero attached hydrogens (tertiary/aromatic N) is 1. The van der Waals surface area contributed by atoms with E-state index in [4.69, 9.17) is 4.74 Å². The second-order valence-corrected chi connectivity index (χ2v) is 5.22. The van der Waals surface area contributed by atoms with Gasteiger partial charge in [-0.2, -0.15) is 4.37 Å². The number of nitrogens with one attached hydrogen (secondary N) is 1. The van der Waals surface area contributed by atoms with Gasteiger partial charge in [0.15, 0.2) is 0 Å². The van der Waals surface area contributed by atoms with E-state index >= 15 is 0 Å². The van der Waals surface area contributed by atoms with E-state index in [0.29, 0.717) is 0 Å². The van der Waals surface area contributed by atoms with Crippen molar-refractivity contribution in [1.82, 2.24) is 9.69 Å². The zero-order valence-electron chi connectivity index (χ0n) is 9.69. The molecule has 1 N–H and O–H groups in total. The lowest BCUT2D eigenvalue weighted by Crippen LogP contribution is -2.11. The molecule has 90 valence electrons. The average molecular weight is 248 g/mol. The van der Waals surface area contributed by atoms with Crippen LogP contribution in [0.1, 0.15) is 12.8 Å². The fourth-order valence-corrected chi connectivity index (χ4v) is 3.00. The standard InChI is InChI=1S/C13H16N2OS/c1-2-4-12-11(3-1)13(17-15-12)16-8-6-10-5-7-14-9-10/h1-4,10,14H,5-9H2. The third kappa shape index (κ3) is 2.42. The molecule has 1 aliphatic heterocycles. The number of aromatic nitrogens is 1. The SMILES string of the molecule is c1ccc2c(OCCC3CCNC3)snc2c1. The Balaban J connectivity index is 1.60. The maximum Gasteiger partial charge on any atom is 0.201 e. The van der Waals surface area contributed by atoms with Gasteiger partial charge in [0.1, 0.15) is 0 Å². The molecule has 1 aliphatic rings. The van der Waals surface area contributed by atoms with Gasteiger partial charge in [0, 0.05) is 11.5 Å². The maximum atomic E-state index is 5.85. The van der Waals surface area contributed by atoms with Crippen molar-refractivity contribution in [2.75, 3.05) is 19.7 Å². The quantitative estimate of drug-likeness (QED) is 0.903. The van der Waals surface area contributed by atoms with Gasteiger partial charge >= 0.3 is 0 Å². The Bertz CT molecular complexity index is 491. The molecule has 0 spiro atoms. The summed E-state index contributed by atoms with van der Waals surface area (Å²) in [5, 5.41) is 5.49. The number of benzene rings is 1. The highest BCUT2D eigenvalue weighted by molar-refractivity contribution is 7.09. The van der Waals surface area contributed by atoms with Crippen LogP contribution < -0.4 is 10.1 Å². The third-order valence-electron chi connectivity index (χ3n) is 3.27. The number of fused-ring (bicyclic) bond motifs is 1. The van der Waals surface area contributed by atoms with E-state index in [1.54, 1.807) is 0 Å². The van der Waals surface area contributed by atoms with Gasteiger partial charge in [0.25, 0.3) is 0 Å². The highest BCUT2D eigenvalue weighted by atomic mass is 32.1. The molecule has 1 aromatic carbocycles. The van der Waals surface area contributed by atoms with Gasteiger partial charge in [0.05, 0.1) is 17.5 Å². The fourth-order valence-electron chi connectivity index (χ4n) is 2.25. The minimum absolute atomic E-state index is 0.786. The van der Waals surface area contributed by atoms with Gasteiger partial charge in [-0.1, -0.05) is 12.1 Å². The van der Waals surface area contributed by atoms with Crippen LogP contribution in [-0.4, -0.2) is 24.1 Å². The molecule has 1 fully saturated rings. The zero-order valence-corrected chi connectivity index (χ0v) is 10.5. The summed E-state index contributed by atoms with van der Waals surface area (Å²) in [6, 6.07) is 8.14. The van der Waals surface area contributed by atoms with E-state index in [1.807, 2.05) is 18.2 Å². The number of hydrogen-bond acceptors (Lipinski definition) is 4. The predicted molar refractivity (Wildman–Crippen MR) is 70.7 cm³/mol. The first kappa shape index (κ1) is 11.0. The van der Waals surface area contributed by atoms with Crippen molar-refractivity contribution < 1.29 is 4.74 Å². The summed E-state index contributed by atoms with van der Waals surface area (Å²) in [7, 11) is 0. The Kier molecular flexibility index (Phi) is 3.25. The van der Waals surface area contributed by atoms with Gasteiger partial charge in [0.2, 0.25) is 5.06 Å². The molecule has 0 bridgehead atoms. The highest BCUT2D eigenvalue weighted by Gasteiger charge is 2.14. The predicted octanol–water partition coefficient (Wildman–Crippen LogP) is 2.67. The van der Waals surface area contributed by atoms with E-state index in [2.05, 4.69) is 15.8 Å². The average Bonchev–Trinajstić information content (AvgIpc) is 2.99. The Hall–Kier alpha value is -1.13. The smallest absolute Gasteiger partial charge is 0.201 e. The fraction of sp³-hybridized carbons (Fsp3) is 0.462. The minimum atomic E-state index is 0.786. The second-order valence-electron chi connectivity index (χ2n) is 4.48. The molecule has 1 aromatic heterocycles. The third-order valence-corrected chi connectivity index (χ3v) is 4.06. The molecule has 3 nitrogen and oxygen atoms in total. The zero-order chi connectivity index (χ0) is 11.5. The minimum Gasteiger partial charge on any atom is -0.482 e. The summed E-state index contributed by atoms with van der Waals surface area (Å²) < 4.78 is 10.2. The maximum absolute atomic E-state index is 5.85. The molecule has 2 heterocycles. The van der Waals surface area contributed by atoms with Gasteiger partial charge in [-0.05, 0) is 44.0 Å². The first-order valence-corrected chi connectivity index (χ1v) is 6.89. The van der Waals surface area contributed by atoms with Crippen molar-refractivity contribution in [1.29, 1.82) is 0 Å². The summed E-state index contributed by atoms with van der Waals surface area (Å²) in [6.45, 7) is 3.11. The van der Waals surface area contributed by atoms with Crippen LogP contribution in [0.2, 0.25) is 0 Å². The molecule has 1 atom stereocenters. The van der Waals surface area contributed by atoms with E-state index in [9.17, 15) is 0 Å². The van der Waals surface area contributed by atoms with Crippen LogP contribution in [0.4, 0.5) is 0 Å². The lowest BCUT2D eigenvalue weighted by Gasteiger charge is -2.08. The monoisotopic (exact) mass is 248 g/mol. The molecule has 17 heavy (non-hydrogen) atoms. The topological polar surface area (TPSA) is 34.1 Å². The molecule has 4 heteroatoms. The summed E-state index contributed by atoms with van der Waals surface area (Å²) in [4.78, 5) is 0. The number of ether oxygens (including phenoxy) is 1. The van der Waals surface area contributed by atoms with Gasteiger partial charge < -0.3 is 10.1 Å². The molecule has 0 amide bonds. The van der Waals surface area contributed by atoms with Crippen molar-refractivity contribution in [2.24, 2.45) is 5.92 Å². The molecule has 0 saturated carbocycles. The van der Waals surface area contributed by atoms with Gasteiger partial charge in [-0.15, -0.1) is 0 Å². The second kappa shape index (κ2) is 5.02. The molecule has 3 rings (SSSR count). The van der Waals surface area contributed by atoms with Crippen LogP contribution in [0, 0.1) is 5.92 Å². The summed E-state index contributed by atoms with van der Waals surface area (Å²) in [5.74, 6) is 0.786. The van der Waals surface area contributed by atoms with Gasteiger partial charge in [-0.3, -0.25) is 0 Å². The molecule has 2 aromatic rings. The van der Waals surface area contributed by atoms with Gasteiger partial charge in [-0.25, -0.2) is 0 Å². The summed E-state index contributed by atoms with van der Waals surface area (Å²) in [5.41, 5.74) is 1.04.